The molecule has 0 bridgehead atoms. The highest BCUT2D eigenvalue weighted by Gasteiger charge is 2.28. The smallest absolute Gasteiger partial charge is 0.254 e. The minimum Gasteiger partial charge on any atom is -0.336 e. The van der Waals surface area contributed by atoms with E-state index in [1.165, 1.54) is 9.71 Å². The second-order valence-electron chi connectivity index (χ2n) is 6.77. The Morgan fingerprint density at radius 3 is 2.30 bits per heavy atom. The molecule has 0 N–H and O–H groups in total. The van der Waals surface area contributed by atoms with E-state index in [-0.39, 0.29) is 5.91 Å². The van der Waals surface area contributed by atoms with Crippen LogP contribution in [0.15, 0.2) is 53.9 Å². The van der Waals surface area contributed by atoms with E-state index < -0.39 is 10.0 Å². The van der Waals surface area contributed by atoms with Crippen LogP contribution in [0.4, 0.5) is 0 Å². The molecule has 1 amide bonds. The molecule has 1 aliphatic rings. The molecule has 0 saturated carbocycles. The normalized spacial score (nSPS) is 16.0. The van der Waals surface area contributed by atoms with Gasteiger partial charge in [-0.25, -0.2) is 8.42 Å². The lowest BCUT2D eigenvalue weighted by molar-refractivity contribution is 0.0698. The number of aryl methyl sites for hydroxylation is 2. The van der Waals surface area contributed by atoms with Gasteiger partial charge in [0, 0.05) is 37.2 Å². The van der Waals surface area contributed by atoms with Crippen molar-refractivity contribution >= 4 is 22.0 Å². The fraction of sp³-hybridized carbons (Fsp3) is 0.286. The fourth-order valence-corrected chi connectivity index (χ4v) is 4.27. The lowest BCUT2D eigenvalue weighted by atomic mass is 10.0. The summed E-state index contributed by atoms with van der Waals surface area (Å²) >= 11 is 0. The zero-order valence-electron chi connectivity index (χ0n) is 15.6. The van der Waals surface area contributed by atoms with Crippen molar-refractivity contribution in [3.63, 3.8) is 0 Å². The van der Waals surface area contributed by atoms with Crippen molar-refractivity contribution in [3.8, 4) is 0 Å². The Balaban J connectivity index is 1.65. The number of hydrogen-bond acceptors (Lipinski definition) is 3. The lowest BCUT2D eigenvalue weighted by Gasteiger charge is -2.33. The lowest BCUT2D eigenvalue weighted by Crippen LogP contribution is -2.50. The highest BCUT2D eigenvalue weighted by atomic mass is 32.2. The first kappa shape index (κ1) is 19.3. The average molecular weight is 385 g/mol. The molecular weight excluding hydrogens is 360 g/mol. The van der Waals surface area contributed by atoms with Crippen LogP contribution in [0.25, 0.3) is 6.08 Å². The van der Waals surface area contributed by atoms with Crippen LogP contribution in [0.5, 0.6) is 0 Å². The molecule has 0 aromatic heterocycles. The van der Waals surface area contributed by atoms with Crippen LogP contribution < -0.4 is 0 Å². The molecule has 1 aliphatic heterocycles. The highest BCUT2D eigenvalue weighted by molar-refractivity contribution is 7.92. The molecule has 1 fully saturated rings. The number of nitrogens with zero attached hydrogens (tertiary/aromatic N) is 2. The number of carbonyl (C=O) groups is 1. The number of piperazine rings is 1. The van der Waals surface area contributed by atoms with Gasteiger partial charge in [-0.1, -0.05) is 48.0 Å². The van der Waals surface area contributed by atoms with Crippen molar-refractivity contribution in [1.82, 2.24) is 9.21 Å². The van der Waals surface area contributed by atoms with Crippen LogP contribution in [0.3, 0.4) is 0 Å². The van der Waals surface area contributed by atoms with Gasteiger partial charge in [0.05, 0.1) is 0 Å². The second kappa shape index (κ2) is 8.06. The van der Waals surface area contributed by atoms with Crippen LogP contribution >= 0.6 is 0 Å². The third kappa shape index (κ3) is 4.64. The Morgan fingerprint density at radius 2 is 1.63 bits per heavy atom. The molecule has 0 atom stereocenters. The molecule has 0 spiro atoms. The van der Waals surface area contributed by atoms with E-state index in [2.05, 4.69) is 0 Å². The van der Waals surface area contributed by atoms with Gasteiger partial charge in [0.25, 0.3) is 5.91 Å². The Hall–Kier alpha value is -2.44. The van der Waals surface area contributed by atoms with Crippen molar-refractivity contribution in [2.45, 2.75) is 13.8 Å². The molecular formula is C21H24N2O3S. The molecule has 6 heteroatoms. The van der Waals surface area contributed by atoms with Crippen molar-refractivity contribution < 1.29 is 13.2 Å². The maximum atomic E-state index is 12.8. The summed E-state index contributed by atoms with van der Waals surface area (Å²) in [6.07, 6.45) is 1.60. The molecule has 2 aromatic carbocycles. The van der Waals surface area contributed by atoms with Crippen molar-refractivity contribution in [2.75, 3.05) is 26.2 Å². The SMILES string of the molecule is Cc1ccc(C)c(C(=O)N2CCN(S(=O)(=O)/C=C/c3ccccc3)CC2)c1. The van der Waals surface area contributed by atoms with Gasteiger partial charge >= 0.3 is 0 Å². The quantitative estimate of drug-likeness (QED) is 0.814. The summed E-state index contributed by atoms with van der Waals surface area (Å²) < 4.78 is 26.5. The zero-order chi connectivity index (χ0) is 19.4. The zero-order valence-corrected chi connectivity index (χ0v) is 16.4. The van der Waals surface area contributed by atoms with Gasteiger partial charge in [0.15, 0.2) is 0 Å². The molecule has 142 valence electrons. The Kier molecular flexibility index (Phi) is 5.77. The summed E-state index contributed by atoms with van der Waals surface area (Å²) in [6, 6.07) is 15.1. The van der Waals surface area contributed by atoms with Crippen LogP contribution in [-0.4, -0.2) is 49.7 Å². The number of benzene rings is 2. The van der Waals surface area contributed by atoms with Gasteiger partial charge in [-0.15, -0.1) is 0 Å². The van der Waals surface area contributed by atoms with E-state index in [4.69, 9.17) is 0 Å². The van der Waals surface area contributed by atoms with E-state index in [0.29, 0.717) is 31.7 Å². The summed E-state index contributed by atoms with van der Waals surface area (Å²) in [5.74, 6) is -0.0342. The predicted molar refractivity (Wildman–Crippen MR) is 108 cm³/mol. The van der Waals surface area contributed by atoms with E-state index in [9.17, 15) is 13.2 Å². The number of rotatable bonds is 4. The molecule has 0 aliphatic carbocycles. The van der Waals surface area contributed by atoms with Gasteiger partial charge in [-0.2, -0.15) is 4.31 Å². The molecule has 27 heavy (non-hydrogen) atoms. The summed E-state index contributed by atoms with van der Waals surface area (Å²) in [6.45, 7) is 5.27. The summed E-state index contributed by atoms with van der Waals surface area (Å²) in [5.41, 5.74) is 3.50. The fourth-order valence-electron chi connectivity index (χ4n) is 3.10. The summed E-state index contributed by atoms with van der Waals surface area (Å²) in [7, 11) is -3.50. The maximum Gasteiger partial charge on any atom is 0.254 e. The number of carbonyl (C=O) groups excluding carboxylic acids is 1. The summed E-state index contributed by atoms with van der Waals surface area (Å²) in [5, 5.41) is 1.24. The van der Waals surface area contributed by atoms with Crippen molar-refractivity contribution in [1.29, 1.82) is 0 Å². The molecule has 3 rings (SSSR count). The molecule has 1 saturated heterocycles. The minimum atomic E-state index is -3.50. The Labute approximate surface area is 161 Å². The topological polar surface area (TPSA) is 57.7 Å². The van der Waals surface area contributed by atoms with E-state index in [1.54, 1.807) is 11.0 Å². The first-order chi connectivity index (χ1) is 12.9. The van der Waals surface area contributed by atoms with Gasteiger partial charge in [0.2, 0.25) is 10.0 Å². The van der Waals surface area contributed by atoms with Crippen LogP contribution in [-0.2, 0) is 10.0 Å². The van der Waals surface area contributed by atoms with Gasteiger partial charge in [0.1, 0.15) is 0 Å². The Bertz CT molecular complexity index is 945. The summed E-state index contributed by atoms with van der Waals surface area (Å²) in [4.78, 5) is 14.5. The second-order valence-corrected chi connectivity index (χ2v) is 8.59. The van der Waals surface area contributed by atoms with E-state index in [0.717, 1.165) is 16.7 Å². The number of amides is 1. The minimum absolute atomic E-state index is 0.0342. The van der Waals surface area contributed by atoms with E-state index >= 15 is 0 Å². The van der Waals surface area contributed by atoms with Crippen LogP contribution in [0, 0.1) is 13.8 Å². The van der Waals surface area contributed by atoms with Gasteiger partial charge < -0.3 is 4.90 Å². The predicted octanol–water partition coefficient (Wildman–Crippen LogP) is 3.06. The molecule has 0 unspecified atom stereocenters. The standard InChI is InChI=1S/C21H24N2O3S/c1-17-8-9-18(2)20(16-17)21(24)22-11-13-23(14-12-22)27(25,26)15-10-19-6-4-3-5-7-19/h3-10,15-16H,11-14H2,1-2H3/b15-10+. The Morgan fingerprint density at radius 1 is 0.963 bits per heavy atom. The van der Waals surface area contributed by atoms with Gasteiger partial charge in [-0.3, -0.25) is 4.79 Å². The third-order valence-corrected chi connectivity index (χ3v) is 6.31. The third-order valence-electron chi connectivity index (χ3n) is 4.74. The van der Waals surface area contributed by atoms with Crippen molar-refractivity contribution in [2.24, 2.45) is 0 Å². The number of hydrogen-bond donors (Lipinski definition) is 0. The first-order valence-corrected chi connectivity index (χ1v) is 10.5. The highest BCUT2D eigenvalue weighted by Crippen LogP contribution is 2.17. The van der Waals surface area contributed by atoms with E-state index in [1.807, 2.05) is 62.4 Å². The maximum absolute atomic E-state index is 12.8. The van der Waals surface area contributed by atoms with Crippen molar-refractivity contribution in [3.05, 3.63) is 76.2 Å². The largest absolute Gasteiger partial charge is 0.336 e. The molecule has 1 heterocycles. The first-order valence-electron chi connectivity index (χ1n) is 8.96. The van der Waals surface area contributed by atoms with Gasteiger partial charge in [-0.05, 0) is 37.1 Å². The molecule has 2 aromatic rings. The van der Waals surface area contributed by atoms with Crippen LogP contribution in [0.1, 0.15) is 27.0 Å². The van der Waals surface area contributed by atoms with Crippen LogP contribution in [0.2, 0.25) is 0 Å². The number of sulfonamides is 1. The molecule has 5 nitrogen and oxygen atoms in total. The monoisotopic (exact) mass is 384 g/mol. The molecule has 0 radical (unpaired) electrons. The average Bonchev–Trinajstić information content (AvgIpc) is 2.69.